The topological polar surface area (TPSA) is 70.7 Å². The first kappa shape index (κ1) is 17.8. The molecular weight excluding hydrogens is 372 g/mol. The van der Waals surface area contributed by atoms with Crippen LogP contribution in [-0.4, -0.2) is 20.9 Å². The fraction of sp³-hybridized carbons (Fsp3) is 0. The number of nitrogens with zero attached hydrogens (tertiary/aromatic N) is 2. The van der Waals surface area contributed by atoms with Crippen LogP contribution in [0.1, 0.15) is 10.4 Å². The van der Waals surface area contributed by atoms with E-state index in [0.717, 1.165) is 39.2 Å². The van der Waals surface area contributed by atoms with Gasteiger partial charge in [-0.05, 0) is 47.5 Å². The highest BCUT2D eigenvalue weighted by molar-refractivity contribution is 6.04. The summed E-state index contributed by atoms with van der Waals surface area (Å²) in [6.45, 7) is 0. The van der Waals surface area contributed by atoms with Crippen LogP contribution < -0.4 is 5.32 Å². The third-order valence-corrected chi connectivity index (χ3v) is 4.94. The van der Waals surface area contributed by atoms with Crippen molar-refractivity contribution in [3.05, 3.63) is 103 Å². The Bertz CT molecular complexity index is 1290. The van der Waals surface area contributed by atoms with Gasteiger partial charge >= 0.3 is 0 Å². The molecule has 0 saturated heterocycles. The summed E-state index contributed by atoms with van der Waals surface area (Å²) >= 11 is 0. The van der Waals surface area contributed by atoms with Crippen LogP contribution in [-0.2, 0) is 0 Å². The van der Waals surface area contributed by atoms with Crippen molar-refractivity contribution in [3.63, 3.8) is 0 Å². The molecule has 0 aliphatic rings. The highest BCUT2D eigenvalue weighted by atomic mass is 16.1. The highest BCUT2D eigenvalue weighted by Gasteiger charge is 2.08. The van der Waals surface area contributed by atoms with Gasteiger partial charge in [0.15, 0.2) is 0 Å². The third kappa shape index (κ3) is 3.56. The second-order valence-corrected chi connectivity index (χ2v) is 6.95. The molecule has 0 aliphatic heterocycles. The minimum atomic E-state index is -0.158. The predicted molar refractivity (Wildman–Crippen MR) is 119 cm³/mol. The molecule has 2 heterocycles. The molecule has 5 aromatic rings. The van der Waals surface area contributed by atoms with Crippen LogP contribution in [0.15, 0.2) is 97.3 Å². The maximum atomic E-state index is 12.4. The average Bonchev–Trinajstić information content (AvgIpc) is 3.24. The number of para-hydroxylation sites is 2. The molecule has 0 unspecified atom stereocenters. The van der Waals surface area contributed by atoms with Crippen molar-refractivity contribution in [3.8, 4) is 22.5 Å². The number of rotatable bonds is 4. The van der Waals surface area contributed by atoms with Gasteiger partial charge in [0.05, 0.1) is 11.0 Å². The molecule has 0 spiro atoms. The fourth-order valence-electron chi connectivity index (χ4n) is 3.39. The van der Waals surface area contributed by atoms with Crippen LogP contribution in [0.3, 0.4) is 0 Å². The van der Waals surface area contributed by atoms with Crippen molar-refractivity contribution < 1.29 is 4.79 Å². The average molecular weight is 390 g/mol. The summed E-state index contributed by atoms with van der Waals surface area (Å²) in [5.74, 6) is 0.691. The molecule has 0 fully saturated rings. The number of hydrogen-bond donors (Lipinski definition) is 2. The molecule has 144 valence electrons. The lowest BCUT2D eigenvalue weighted by Crippen LogP contribution is -2.11. The summed E-state index contributed by atoms with van der Waals surface area (Å²) in [6.07, 6.45) is 3.21. The van der Waals surface area contributed by atoms with E-state index in [1.54, 1.807) is 24.5 Å². The number of carbonyl (C=O) groups excluding carboxylic acids is 1. The Morgan fingerprint density at radius 1 is 0.767 bits per heavy atom. The van der Waals surface area contributed by atoms with Crippen molar-refractivity contribution in [1.29, 1.82) is 0 Å². The zero-order valence-electron chi connectivity index (χ0n) is 16.0. The number of benzene rings is 3. The SMILES string of the molecule is O=C(Nc1cccc(-c2ccc(-c3nc4ccccc4[nH]3)cc2)c1)c1ccncc1. The van der Waals surface area contributed by atoms with Gasteiger partial charge in [0.25, 0.3) is 5.91 Å². The van der Waals surface area contributed by atoms with Crippen molar-refractivity contribution in [2.45, 2.75) is 0 Å². The summed E-state index contributed by atoms with van der Waals surface area (Å²) in [7, 11) is 0. The van der Waals surface area contributed by atoms with Crippen molar-refractivity contribution in [1.82, 2.24) is 15.0 Å². The number of aromatic amines is 1. The van der Waals surface area contributed by atoms with Crippen LogP contribution >= 0.6 is 0 Å². The Morgan fingerprint density at radius 2 is 1.53 bits per heavy atom. The predicted octanol–water partition coefficient (Wildman–Crippen LogP) is 5.54. The molecule has 1 amide bonds. The lowest BCUT2D eigenvalue weighted by atomic mass is 10.0. The maximum Gasteiger partial charge on any atom is 0.255 e. The number of fused-ring (bicyclic) bond motifs is 1. The lowest BCUT2D eigenvalue weighted by Gasteiger charge is -2.08. The Morgan fingerprint density at radius 3 is 2.33 bits per heavy atom. The normalized spacial score (nSPS) is 10.8. The number of H-pyrrole nitrogens is 1. The number of hydrogen-bond acceptors (Lipinski definition) is 3. The van der Waals surface area contributed by atoms with E-state index in [4.69, 9.17) is 0 Å². The molecule has 0 bridgehead atoms. The number of carbonyl (C=O) groups is 1. The van der Waals surface area contributed by atoms with Gasteiger partial charge in [0.2, 0.25) is 0 Å². The van der Waals surface area contributed by atoms with Crippen LogP contribution in [0.2, 0.25) is 0 Å². The van der Waals surface area contributed by atoms with Crippen LogP contribution in [0.4, 0.5) is 5.69 Å². The number of amides is 1. The summed E-state index contributed by atoms with van der Waals surface area (Å²) < 4.78 is 0. The molecule has 2 N–H and O–H groups in total. The first-order valence-corrected chi connectivity index (χ1v) is 9.63. The smallest absolute Gasteiger partial charge is 0.255 e. The monoisotopic (exact) mass is 390 g/mol. The van der Waals surface area contributed by atoms with E-state index >= 15 is 0 Å². The molecule has 5 nitrogen and oxygen atoms in total. The van der Waals surface area contributed by atoms with Crippen molar-refractivity contribution in [2.75, 3.05) is 5.32 Å². The molecule has 3 aromatic carbocycles. The number of pyridine rings is 1. The van der Waals surface area contributed by atoms with E-state index in [9.17, 15) is 4.79 Å². The third-order valence-electron chi connectivity index (χ3n) is 4.94. The highest BCUT2D eigenvalue weighted by Crippen LogP contribution is 2.26. The van der Waals surface area contributed by atoms with Crippen molar-refractivity contribution in [2.24, 2.45) is 0 Å². The number of imidazole rings is 1. The summed E-state index contributed by atoms with van der Waals surface area (Å²) in [5, 5.41) is 2.94. The van der Waals surface area contributed by atoms with Gasteiger partial charge in [-0.25, -0.2) is 4.98 Å². The molecule has 5 heteroatoms. The fourth-order valence-corrected chi connectivity index (χ4v) is 3.39. The summed E-state index contributed by atoms with van der Waals surface area (Å²) in [6, 6.07) is 27.4. The molecule has 5 rings (SSSR count). The van der Waals surface area contributed by atoms with Gasteiger partial charge < -0.3 is 10.3 Å². The molecule has 0 aliphatic carbocycles. The van der Waals surface area contributed by atoms with E-state index in [2.05, 4.69) is 44.5 Å². The Balaban J connectivity index is 1.38. The van der Waals surface area contributed by atoms with E-state index < -0.39 is 0 Å². The molecular formula is C25H18N4O. The van der Waals surface area contributed by atoms with Crippen molar-refractivity contribution >= 4 is 22.6 Å². The summed E-state index contributed by atoms with van der Waals surface area (Å²) in [5.41, 5.74) is 6.41. The first-order valence-electron chi connectivity index (χ1n) is 9.63. The zero-order valence-corrected chi connectivity index (χ0v) is 16.0. The zero-order chi connectivity index (χ0) is 20.3. The second kappa shape index (κ2) is 7.64. The largest absolute Gasteiger partial charge is 0.338 e. The molecule has 2 aromatic heterocycles. The second-order valence-electron chi connectivity index (χ2n) is 6.95. The lowest BCUT2D eigenvalue weighted by molar-refractivity contribution is 0.102. The number of anilines is 1. The van der Waals surface area contributed by atoms with Gasteiger partial charge in [0, 0.05) is 29.2 Å². The van der Waals surface area contributed by atoms with Gasteiger partial charge in [-0.1, -0.05) is 48.5 Å². The Hall–Kier alpha value is -4.25. The number of nitrogens with one attached hydrogen (secondary N) is 2. The molecule has 0 radical (unpaired) electrons. The molecule has 0 saturated carbocycles. The quantitative estimate of drug-likeness (QED) is 0.423. The minimum Gasteiger partial charge on any atom is -0.338 e. The van der Waals surface area contributed by atoms with Gasteiger partial charge in [-0.15, -0.1) is 0 Å². The standard InChI is InChI=1S/C25H18N4O/c30-25(19-12-14-26-15-13-19)27-21-5-3-4-20(16-21)17-8-10-18(11-9-17)24-28-22-6-1-2-7-23(22)29-24/h1-16H,(H,27,30)(H,28,29). The van der Waals surface area contributed by atoms with Gasteiger partial charge in [0.1, 0.15) is 5.82 Å². The van der Waals surface area contributed by atoms with E-state index in [-0.39, 0.29) is 5.91 Å². The van der Waals surface area contributed by atoms with Crippen LogP contribution in [0.5, 0.6) is 0 Å². The minimum absolute atomic E-state index is 0.158. The maximum absolute atomic E-state index is 12.4. The first-order chi connectivity index (χ1) is 14.8. The number of aromatic nitrogens is 3. The van der Waals surface area contributed by atoms with Crippen LogP contribution in [0.25, 0.3) is 33.5 Å². The Kier molecular flexibility index (Phi) is 4.54. The summed E-state index contributed by atoms with van der Waals surface area (Å²) in [4.78, 5) is 24.3. The van der Waals surface area contributed by atoms with E-state index in [0.29, 0.717) is 5.56 Å². The van der Waals surface area contributed by atoms with Gasteiger partial charge in [-0.3, -0.25) is 9.78 Å². The Labute approximate surface area is 173 Å². The van der Waals surface area contributed by atoms with E-state index in [1.807, 2.05) is 48.5 Å². The van der Waals surface area contributed by atoms with E-state index in [1.165, 1.54) is 0 Å². The van der Waals surface area contributed by atoms with Gasteiger partial charge in [-0.2, -0.15) is 0 Å². The van der Waals surface area contributed by atoms with Crippen LogP contribution in [0, 0.1) is 0 Å². The molecule has 0 atom stereocenters. The molecule has 30 heavy (non-hydrogen) atoms.